The van der Waals surface area contributed by atoms with E-state index in [9.17, 15) is 13.2 Å². The van der Waals surface area contributed by atoms with Crippen molar-refractivity contribution in [3.63, 3.8) is 0 Å². The molecule has 7 heteroatoms. The molecule has 6 nitrogen and oxygen atoms in total. The third-order valence-electron chi connectivity index (χ3n) is 3.83. The predicted molar refractivity (Wildman–Crippen MR) is 81.3 cm³/mol. The molecule has 1 amide bonds. The Balaban J connectivity index is 2.19. The van der Waals surface area contributed by atoms with Crippen LogP contribution in [0.25, 0.3) is 0 Å². The van der Waals surface area contributed by atoms with Gasteiger partial charge in [0.1, 0.15) is 0 Å². The Kier molecular flexibility index (Phi) is 4.36. The van der Waals surface area contributed by atoms with Gasteiger partial charge in [-0.2, -0.15) is 4.31 Å². The maximum atomic E-state index is 12.6. The first-order valence-electron chi connectivity index (χ1n) is 6.85. The zero-order valence-corrected chi connectivity index (χ0v) is 13.1. The number of sulfonamides is 1. The molecule has 1 aliphatic heterocycles. The van der Waals surface area contributed by atoms with E-state index in [1.165, 1.54) is 23.4 Å². The van der Waals surface area contributed by atoms with Gasteiger partial charge in [-0.15, -0.1) is 0 Å². The summed E-state index contributed by atoms with van der Waals surface area (Å²) in [4.78, 5) is 11.2. The van der Waals surface area contributed by atoms with Gasteiger partial charge in [-0.3, -0.25) is 4.79 Å². The molecule has 0 spiro atoms. The van der Waals surface area contributed by atoms with Gasteiger partial charge in [-0.25, -0.2) is 8.42 Å². The summed E-state index contributed by atoms with van der Waals surface area (Å²) in [6, 6.07) is 6.20. The minimum atomic E-state index is -3.50. The van der Waals surface area contributed by atoms with Crippen LogP contribution in [0, 0.1) is 5.41 Å². The number of rotatable bonds is 4. The molecule has 3 N–H and O–H groups in total. The SMILES string of the molecule is CC(=O)Nc1ccc(S(=O)(=O)N2CCC(C)(CN)C2)cc1. The molecule has 1 aromatic carbocycles. The highest BCUT2D eigenvalue weighted by Crippen LogP contribution is 2.32. The topological polar surface area (TPSA) is 92.5 Å². The van der Waals surface area contributed by atoms with Crippen molar-refractivity contribution in [1.29, 1.82) is 0 Å². The number of hydrogen-bond acceptors (Lipinski definition) is 4. The molecule has 0 aliphatic carbocycles. The van der Waals surface area contributed by atoms with Crippen molar-refractivity contribution in [2.45, 2.75) is 25.2 Å². The van der Waals surface area contributed by atoms with Crippen LogP contribution in [0.3, 0.4) is 0 Å². The lowest BCUT2D eigenvalue weighted by Gasteiger charge is -2.22. The normalized spacial score (nSPS) is 23.2. The van der Waals surface area contributed by atoms with E-state index < -0.39 is 10.0 Å². The number of amides is 1. The number of carbonyl (C=O) groups excluding carboxylic acids is 1. The number of carbonyl (C=O) groups is 1. The monoisotopic (exact) mass is 311 g/mol. The fourth-order valence-corrected chi connectivity index (χ4v) is 4.00. The van der Waals surface area contributed by atoms with E-state index in [0.717, 1.165) is 6.42 Å². The van der Waals surface area contributed by atoms with E-state index in [4.69, 9.17) is 5.73 Å². The number of hydrogen-bond donors (Lipinski definition) is 2. The van der Waals surface area contributed by atoms with E-state index in [1.807, 2.05) is 6.92 Å². The van der Waals surface area contributed by atoms with Crippen molar-refractivity contribution in [2.24, 2.45) is 11.1 Å². The van der Waals surface area contributed by atoms with Crippen molar-refractivity contribution < 1.29 is 13.2 Å². The smallest absolute Gasteiger partial charge is 0.243 e. The Morgan fingerprint density at radius 2 is 2.00 bits per heavy atom. The molecule has 1 fully saturated rings. The predicted octanol–water partition coefficient (Wildman–Crippen LogP) is 1.00. The number of nitrogens with zero attached hydrogens (tertiary/aromatic N) is 1. The molecule has 1 atom stereocenters. The minimum Gasteiger partial charge on any atom is -0.330 e. The van der Waals surface area contributed by atoms with Crippen molar-refractivity contribution >= 4 is 21.6 Å². The van der Waals surface area contributed by atoms with Crippen LogP contribution in [0.15, 0.2) is 29.2 Å². The first kappa shape index (κ1) is 15.9. The lowest BCUT2D eigenvalue weighted by molar-refractivity contribution is -0.114. The third-order valence-corrected chi connectivity index (χ3v) is 5.69. The highest BCUT2D eigenvalue weighted by Gasteiger charge is 2.38. The molecule has 1 saturated heterocycles. The van der Waals surface area contributed by atoms with E-state index >= 15 is 0 Å². The van der Waals surface area contributed by atoms with Crippen molar-refractivity contribution in [3.05, 3.63) is 24.3 Å². The standard InChI is InChI=1S/C14H21N3O3S/c1-11(18)16-12-3-5-13(6-4-12)21(19,20)17-8-7-14(2,9-15)10-17/h3-6H,7-10,15H2,1-2H3,(H,16,18). The van der Waals surface area contributed by atoms with Gasteiger partial charge >= 0.3 is 0 Å². The number of nitrogens with one attached hydrogen (secondary N) is 1. The summed E-state index contributed by atoms with van der Waals surface area (Å²) in [5.41, 5.74) is 6.15. The summed E-state index contributed by atoms with van der Waals surface area (Å²) >= 11 is 0. The second kappa shape index (κ2) is 5.75. The highest BCUT2D eigenvalue weighted by atomic mass is 32.2. The van der Waals surface area contributed by atoms with Gasteiger partial charge in [0.05, 0.1) is 4.90 Å². The zero-order chi connectivity index (χ0) is 15.7. The van der Waals surface area contributed by atoms with Gasteiger partial charge in [0, 0.05) is 25.7 Å². The maximum absolute atomic E-state index is 12.6. The fourth-order valence-electron chi connectivity index (χ4n) is 2.41. The van der Waals surface area contributed by atoms with E-state index in [1.54, 1.807) is 12.1 Å². The summed E-state index contributed by atoms with van der Waals surface area (Å²) in [6.45, 7) is 4.81. The van der Waals surface area contributed by atoms with E-state index in [2.05, 4.69) is 5.32 Å². The Bertz CT molecular complexity index is 627. The lowest BCUT2D eigenvalue weighted by Crippen LogP contribution is -2.34. The molecule has 1 aliphatic rings. The molecule has 1 unspecified atom stereocenters. The Hall–Kier alpha value is -1.44. The summed E-state index contributed by atoms with van der Waals surface area (Å²) < 4.78 is 26.6. The quantitative estimate of drug-likeness (QED) is 0.868. The van der Waals surface area contributed by atoms with Crippen molar-refractivity contribution in [2.75, 3.05) is 25.0 Å². The first-order chi connectivity index (χ1) is 9.77. The van der Waals surface area contributed by atoms with Crippen molar-refractivity contribution in [3.8, 4) is 0 Å². The summed E-state index contributed by atoms with van der Waals surface area (Å²) in [5, 5.41) is 2.61. The fraction of sp³-hybridized carbons (Fsp3) is 0.500. The molecule has 1 heterocycles. The van der Waals surface area contributed by atoms with Gasteiger partial charge in [-0.05, 0) is 42.6 Å². The number of nitrogens with two attached hydrogens (primary N) is 1. The number of benzene rings is 1. The molecular weight excluding hydrogens is 290 g/mol. The average Bonchev–Trinajstić information content (AvgIpc) is 2.83. The Morgan fingerprint density at radius 3 is 2.48 bits per heavy atom. The molecule has 116 valence electrons. The number of anilines is 1. The highest BCUT2D eigenvalue weighted by molar-refractivity contribution is 7.89. The largest absolute Gasteiger partial charge is 0.330 e. The van der Waals surface area contributed by atoms with Gasteiger partial charge < -0.3 is 11.1 Å². The summed E-state index contributed by atoms with van der Waals surface area (Å²) in [6.07, 6.45) is 0.771. The van der Waals surface area contributed by atoms with Crippen LogP contribution in [0.4, 0.5) is 5.69 Å². The second-order valence-electron chi connectivity index (χ2n) is 5.81. The molecule has 0 radical (unpaired) electrons. The van der Waals surface area contributed by atoms with Crippen LogP contribution in [0.2, 0.25) is 0 Å². The Morgan fingerprint density at radius 1 is 1.38 bits per heavy atom. The van der Waals surface area contributed by atoms with Crippen LogP contribution in [0.5, 0.6) is 0 Å². The van der Waals surface area contributed by atoms with E-state index in [0.29, 0.717) is 25.3 Å². The van der Waals surface area contributed by atoms with Gasteiger partial charge in [-0.1, -0.05) is 6.92 Å². The maximum Gasteiger partial charge on any atom is 0.243 e. The van der Waals surface area contributed by atoms with Crippen LogP contribution < -0.4 is 11.1 Å². The molecule has 21 heavy (non-hydrogen) atoms. The first-order valence-corrected chi connectivity index (χ1v) is 8.29. The van der Waals surface area contributed by atoms with Gasteiger partial charge in [0.25, 0.3) is 0 Å². The third kappa shape index (κ3) is 3.42. The summed E-state index contributed by atoms with van der Waals surface area (Å²) in [7, 11) is -3.50. The molecule has 2 rings (SSSR count). The molecule has 1 aromatic rings. The molecule has 0 saturated carbocycles. The minimum absolute atomic E-state index is 0.150. The van der Waals surface area contributed by atoms with E-state index in [-0.39, 0.29) is 16.2 Å². The van der Waals surface area contributed by atoms with Crippen LogP contribution >= 0.6 is 0 Å². The van der Waals surface area contributed by atoms with Gasteiger partial charge in [0.2, 0.25) is 15.9 Å². The molecular formula is C14H21N3O3S. The summed E-state index contributed by atoms with van der Waals surface area (Å²) in [5.74, 6) is -0.191. The molecule has 0 aromatic heterocycles. The second-order valence-corrected chi connectivity index (χ2v) is 7.75. The lowest BCUT2D eigenvalue weighted by atomic mass is 9.90. The van der Waals surface area contributed by atoms with Gasteiger partial charge in [0.15, 0.2) is 0 Å². The van der Waals surface area contributed by atoms with Crippen molar-refractivity contribution in [1.82, 2.24) is 4.31 Å². The average molecular weight is 311 g/mol. The zero-order valence-electron chi connectivity index (χ0n) is 12.3. The van der Waals surface area contributed by atoms with Crippen LogP contribution in [-0.4, -0.2) is 38.3 Å². The molecule has 0 bridgehead atoms. The Labute approximate surface area is 125 Å². The van der Waals surface area contributed by atoms with Crippen LogP contribution in [0.1, 0.15) is 20.3 Å². The van der Waals surface area contributed by atoms with Crippen LogP contribution in [-0.2, 0) is 14.8 Å².